The van der Waals surface area contributed by atoms with Crippen LogP contribution in [0.1, 0.15) is 11.1 Å². The molecule has 0 aliphatic carbocycles. The zero-order valence-electron chi connectivity index (χ0n) is 12.6. The Morgan fingerprint density at radius 1 is 1.04 bits per heavy atom. The highest BCUT2D eigenvalue weighted by atomic mass is 79.9. The third kappa shape index (κ3) is 4.34. The van der Waals surface area contributed by atoms with E-state index in [1.165, 1.54) is 0 Å². The number of imide groups is 1. The second-order valence-electron chi connectivity index (χ2n) is 5.19. The van der Waals surface area contributed by atoms with E-state index in [1.54, 1.807) is 36.4 Å². The van der Waals surface area contributed by atoms with Crippen LogP contribution in [0.4, 0.5) is 4.79 Å². The van der Waals surface area contributed by atoms with Crippen molar-refractivity contribution in [2.45, 2.75) is 6.61 Å². The van der Waals surface area contributed by atoms with E-state index in [1.807, 2.05) is 6.07 Å². The van der Waals surface area contributed by atoms with Gasteiger partial charge in [0.2, 0.25) is 0 Å². The summed E-state index contributed by atoms with van der Waals surface area (Å²) in [5.41, 5.74) is 1.82. The van der Waals surface area contributed by atoms with Crippen LogP contribution in [0.5, 0.6) is 5.75 Å². The molecule has 128 valence electrons. The topological polar surface area (TPSA) is 67.4 Å². The Morgan fingerprint density at radius 2 is 1.84 bits per heavy atom. The van der Waals surface area contributed by atoms with Crippen molar-refractivity contribution in [2.75, 3.05) is 0 Å². The minimum Gasteiger partial charge on any atom is -0.488 e. The first-order chi connectivity index (χ1) is 11.9. The van der Waals surface area contributed by atoms with Gasteiger partial charge in [-0.25, -0.2) is 4.79 Å². The number of carbonyl (C=O) groups is 2. The molecular formula is C17H11BrCl2N2O3. The number of amides is 3. The van der Waals surface area contributed by atoms with E-state index in [0.717, 1.165) is 11.1 Å². The molecule has 0 aromatic heterocycles. The van der Waals surface area contributed by atoms with E-state index in [9.17, 15) is 9.59 Å². The Kier molecular flexibility index (Phi) is 5.32. The van der Waals surface area contributed by atoms with Gasteiger partial charge in [-0.05, 0) is 57.4 Å². The summed E-state index contributed by atoms with van der Waals surface area (Å²) in [4.78, 5) is 22.6. The number of hydrogen-bond acceptors (Lipinski definition) is 3. The third-order valence-corrected chi connectivity index (χ3v) is 4.72. The molecule has 0 spiro atoms. The first kappa shape index (κ1) is 17.8. The molecule has 0 saturated carbocycles. The lowest BCUT2D eigenvalue weighted by molar-refractivity contribution is -0.115. The van der Waals surface area contributed by atoms with Crippen molar-refractivity contribution in [3.05, 3.63) is 67.7 Å². The third-order valence-electron chi connectivity index (χ3n) is 3.37. The van der Waals surface area contributed by atoms with Crippen molar-refractivity contribution in [3.8, 4) is 5.75 Å². The molecule has 3 amide bonds. The second-order valence-corrected chi connectivity index (χ2v) is 6.86. The van der Waals surface area contributed by atoms with Crippen LogP contribution in [0, 0.1) is 0 Å². The molecule has 1 heterocycles. The van der Waals surface area contributed by atoms with Crippen LogP contribution in [0.15, 0.2) is 46.6 Å². The highest BCUT2D eigenvalue weighted by Gasteiger charge is 2.22. The zero-order chi connectivity index (χ0) is 18.0. The fraction of sp³-hybridized carbons (Fsp3) is 0.0588. The van der Waals surface area contributed by atoms with E-state index in [4.69, 9.17) is 27.9 Å². The van der Waals surface area contributed by atoms with Crippen LogP contribution in [0.25, 0.3) is 6.08 Å². The summed E-state index contributed by atoms with van der Waals surface area (Å²) in [6, 6.07) is 10.1. The Morgan fingerprint density at radius 3 is 2.48 bits per heavy atom. The lowest BCUT2D eigenvalue weighted by Crippen LogP contribution is -2.22. The van der Waals surface area contributed by atoms with Crippen molar-refractivity contribution >= 4 is 57.1 Å². The molecule has 25 heavy (non-hydrogen) atoms. The second kappa shape index (κ2) is 7.47. The van der Waals surface area contributed by atoms with Crippen LogP contribution < -0.4 is 15.4 Å². The maximum Gasteiger partial charge on any atom is 0.326 e. The first-order valence-electron chi connectivity index (χ1n) is 7.12. The molecule has 1 aliphatic rings. The molecule has 0 unspecified atom stereocenters. The molecule has 0 radical (unpaired) electrons. The lowest BCUT2D eigenvalue weighted by Gasteiger charge is -2.10. The summed E-state index contributed by atoms with van der Waals surface area (Å²) in [5, 5.41) is 5.55. The highest BCUT2D eigenvalue weighted by molar-refractivity contribution is 9.10. The normalized spacial score (nSPS) is 15.2. The highest BCUT2D eigenvalue weighted by Crippen LogP contribution is 2.29. The smallest absolute Gasteiger partial charge is 0.326 e. The molecular weight excluding hydrogens is 431 g/mol. The number of carbonyl (C=O) groups excluding carboxylic acids is 2. The van der Waals surface area contributed by atoms with Gasteiger partial charge < -0.3 is 10.1 Å². The van der Waals surface area contributed by atoms with Crippen molar-refractivity contribution in [1.29, 1.82) is 0 Å². The van der Waals surface area contributed by atoms with Gasteiger partial charge in [-0.1, -0.05) is 35.3 Å². The maximum atomic E-state index is 11.5. The lowest BCUT2D eigenvalue weighted by atomic mass is 10.2. The molecule has 2 aromatic rings. The van der Waals surface area contributed by atoms with Crippen LogP contribution in [-0.2, 0) is 11.4 Å². The molecule has 0 bridgehead atoms. The number of halogens is 3. The Bertz CT molecular complexity index is 899. The summed E-state index contributed by atoms with van der Waals surface area (Å²) in [6.07, 6.45) is 1.58. The van der Waals surface area contributed by atoms with E-state index in [2.05, 4.69) is 26.6 Å². The van der Waals surface area contributed by atoms with E-state index in [0.29, 0.717) is 26.9 Å². The van der Waals surface area contributed by atoms with Gasteiger partial charge in [0, 0.05) is 0 Å². The average molecular weight is 442 g/mol. The minimum atomic E-state index is -0.531. The molecule has 1 fully saturated rings. The van der Waals surface area contributed by atoms with Gasteiger partial charge in [0.15, 0.2) is 0 Å². The van der Waals surface area contributed by atoms with Crippen LogP contribution >= 0.6 is 39.1 Å². The van der Waals surface area contributed by atoms with Gasteiger partial charge in [-0.2, -0.15) is 0 Å². The molecule has 2 N–H and O–H groups in total. The Hall–Kier alpha value is -2.02. The number of benzene rings is 2. The van der Waals surface area contributed by atoms with Gasteiger partial charge in [-0.3, -0.25) is 10.1 Å². The summed E-state index contributed by atoms with van der Waals surface area (Å²) < 4.78 is 6.48. The minimum absolute atomic E-state index is 0.196. The molecule has 2 aromatic carbocycles. The number of ether oxygens (including phenoxy) is 1. The summed E-state index contributed by atoms with van der Waals surface area (Å²) in [7, 11) is 0. The fourth-order valence-electron chi connectivity index (χ4n) is 2.16. The van der Waals surface area contributed by atoms with Crippen molar-refractivity contribution in [1.82, 2.24) is 10.6 Å². The van der Waals surface area contributed by atoms with E-state index >= 15 is 0 Å². The molecule has 1 saturated heterocycles. The number of urea groups is 1. The molecule has 8 heteroatoms. The number of rotatable bonds is 4. The molecule has 0 atom stereocenters. The largest absolute Gasteiger partial charge is 0.488 e. The Labute approximate surface area is 162 Å². The van der Waals surface area contributed by atoms with Crippen molar-refractivity contribution < 1.29 is 14.3 Å². The zero-order valence-corrected chi connectivity index (χ0v) is 15.7. The van der Waals surface area contributed by atoms with Crippen LogP contribution in [0.2, 0.25) is 10.0 Å². The monoisotopic (exact) mass is 440 g/mol. The van der Waals surface area contributed by atoms with E-state index < -0.39 is 11.9 Å². The SMILES string of the molecule is O=C1NC(=O)/C(=C\c2ccc(OCc3ccc(Cl)c(Cl)c3)c(Br)c2)N1. The first-order valence-corrected chi connectivity index (χ1v) is 8.67. The maximum absolute atomic E-state index is 11.5. The summed E-state index contributed by atoms with van der Waals surface area (Å²) >= 11 is 15.3. The van der Waals surface area contributed by atoms with Crippen LogP contribution in [0.3, 0.4) is 0 Å². The van der Waals surface area contributed by atoms with Gasteiger partial charge in [0.05, 0.1) is 14.5 Å². The predicted octanol–water partition coefficient (Wildman–Crippen LogP) is 4.52. The van der Waals surface area contributed by atoms with Crippen molar-refractivity contribution in [2.24, 2.45) is 0 Å². The standard InChI is InChI=1S/C17H11BrCl2N2O3/c18-11-5-9(7-14-16(23)22-17(24)21-14)2-4-15(11)25-8-10-1-3-12(19)13(20)6-10/h1-7H,8H2,(H2,21,22,23,24)/b14-7+. The van der Waals surface area contributed by atoms with Gasteiger partial charge >= 0.3 is 6.03 Å². The summed E-state index contributed by atoms with van der Waals surface area (Å²) in [5.74, 6) is 0.175. The number of hydrogen-bond donors (Lipinski definition) is 2. The van der Waals surface area contributed by atoms with Gasteiger partial charge in [0.1, 0.15) is 18.1 Å². The summed E-state index contributed by atoms with van der Waals surface area (Å²) in [6.45, 7) is 0.328. The predicted molar refractivity (Wildman–Crippen MR) is 99.6 cm³/mol. The van der Waals surface area contributed by atoms with Gasteiger partial charge in [-0.15, -0.1) is 0 Å². The average Bonchev–Trinajstić information content (AvgIpc) is 2.87. The molecule has 3 rings (SSSR count). The molecule has 5 nitrogen and oxygen atoms in total. The number of nitrogens with one attached hydrogen (secondary N) is 2. The molecule has 1 aliphatic heterocycles. The fourth-order valence-corrected chi connectivity index (χ4v) is 3.00. The Balaban J connectivity index is 1.71. The van der Waals surface area contributed by atoms with Crippen molar-refractivity contribution in [3.63, 3.8) is 0 Å². The quantitative estimate of drug-likeness (QED) is 0.541. The van der Waals surface area contributed by atoms with Crippen LogP contribution in [-0.4, -0.2) is 11.9 Å². The van der Waals surface area contributed by atoms with Gasteiger partial charge in [0.25, 0.3) is 5.91 Å². The van der Waals surface area contributed by atoms with E-state index in [-0.39, 0.29) is 5.70 Å².